The third-order valence-corrected chi connectivity index (χ3v) is 2.09. The zero-order valence-corrected chi connectivity index (χ0v) is 9.82. The van der Waals surface area contributed by atoms with Gasteiger partial charge in [-0.25, -0.2) is 0 Å². The Bertz CT molecular complexity index is 304. The molecule has 0 fully saturated rings. The zero-order chi connectivity index (χ0) is 12.8. The smallest absolute Gasteiger partial charge is 0.323 e. The number of nitrogens with zero attached hydrogens (tertiary/aromatic N) is 1. The number of carbonyl (C=O) groups is 2. The number of aliphatic carboxylic acids is 1. The van der Waals surface area contributed by atoms with Crippen LogP contribution in [0.15, 0.2) is 0 Å². The van der Waals surface area contributed by atoms with Crippen molar-refractivity contribution in [3.63, 3.8) is 0 Å². The average molecular weight is 227 g/mol. The Morgan fingerprint density at radius 2 is 2.06 bits per heavy atom. The van der Waals surface area contributed by atoms with Gasteiger partial charge in [-0.2, -0.15) is 0 Å². The van der Waals surface area contributed by atoms with Gasteiger partial charge in [0, 0.05) is 7.11 Å². The normalized spacial score (nSPS) is 10.6. The van der Waals surface area contributed by atoms with Crippen LogP contribution >= 0.6 is 0 Å². The predicted molar refractivity (Wildman–Crippen MR) is 58.8 cm³/mol. The molecule has 90 valence electrons. The van der Waals surface area contributed by atoms with E-state index in [1.165, 1.54) is 7.11 Å². The van der Waals surface area contributed by atoms with Crippen molar-refractivity contribution in [1.29, 1.82) is 0 Å². The predicted octanol–water partition coefficient (Wildman–Crippen LogP) is 0.348. The van der Waals surface area contributed by atoms with Crippen molar-refractivity contribution in [1.82, 2.24) is 4.90 Å². The summed E-state index contributed by atoms with van der Waals surface area (Å²) >= 11 is 0. The Morgan fingerprint density at radius 3 is 2.44 bits per heavy atom. The largest absolute Gasteiger partial charge is 0.480 e. The van der Waals surface area contributed by atoms with E-state index in [1.807, 2.05) is 0 Å². The maximum Gasteiger partial charge on any atom is 0.323 e. The van der Waals surface area contributed by atoms with Crippen LogP contribution in [0.2, 0.25) is 0 Å². The summed E-state index contributed by atoms with van der Waals surface area (Å²) in [6, 6.07) is 0. The molecule has 0 aromatic heterocycles. The van der Waals surface area contributed by atoms with Crippen LogP contribution < -0.4 is 0 Å². The minimum absolute atomic E-state index is 0.00900. The minimum atomic E-state index is -1.08. The monoisotopic (exact) mass is 227 g/mol. The lowest BCUT2D eigenvalue weighted by atomic mass is 10.0. The average Bonchev–Trinajstić information content (AvgIpc) is 2.16. The number of carboxylic acid groups (broad SMARTS) is 1. The molecule has 16 heavy (non-hydrogen) atoms. The highest BCUT2D eigenvalue weighted by molar-refractivity contribution is 5.82. The fourth-order valence-corrected chi connectivity index (χ4v) is 1.05. The number of carboxylic acids is 1. The molecule has 0 saturated heterocycles. The molecule has 0 spiro atoms. The second-order valence-corrected chi connectivity index (χ2v) is 3.99. The van der Waals surface area contributed by atoms with Crippen LogP contribution in [0.25, 0.3) is 0 Å². The summed E-state index contributed by atoms with van der Waals surface area (Å²) in [6.07, 6.45) is 5.17. The minimum Gasteiger partial charge on any atom is -0.480 e. The van der Waals surface area contributed by atoms with Gasteiger partial charge >= 0.3 is 5.97 Å². The van der Waals surface area contributed by atoms with Crippen molar-refractivity contribution in [2.45, 2.75) is 25.9 Å². The Labute approximate surface area is 95.4 Å². The molecule has 5 nitrogen and oxygen atoms in total. The second kappa shape index (κ2) is 6.13. The lowest BCUT2D eigenvalue weighted by molar-refractivity contribution is -0.146. The summed E-state index contributed by atoms with van der Waals surface area (Å²) in [5.41, 5.74) is -0.623. The van der Waals surface area contributed by atoms with E-state index < -0.39 is 11.6 Å². The molecule has 0 saturated carbocycles. The van der Waals surface area contributed by atoms with E-state index in [2.05, 4.69) is 5.92 Å². The number of ether oxygens (including phenoxy) is 1. The van der Waals surface area contributed by atoms with E-state index >= 15 is 0 Å². The quantitative estimate of drug-likeness (QED) is 0.665. The molecule has 0 radical (unpaired) electrons. The number of hydrogen-bond acceptors (Lipinski definition) is 3. The Kier molecular flexibility index (Phi) is 5.54. The number of methoxy groups -OCH3 is 1. The van der Waals surface area contributed by atoms with Crippen LogP contribution in [0.4, 0.5) is 0 Å². The maximum atomic E-state index is 11.7. The number of rotatable bonds is 6. The van der Waals surface area contributed by atoms with Crippen LogP contribution in [-0.4, -0.2) is 47.7 Å². The first-order chi connectivity index (χ1) is 7.32. The Hall–Kier alpha value is -1.54. The van der Waals surface area contributed by atoms with Crippen LogP contribution in [0, 0.1) is 12.3 Å². The van der Waals surface area contributed by atoms with E-state index in [1.54, 1.807) is 13.8 Å². The summed E-state index contributed by atoms with van der Waals surface area (Å²) < 4.78 is 5.10. The third-order valence-electron chi connectivity index (χ3n) is 2.09. The van der Waals surface area contributed by atoms with E-state index in [9.17, 15) is 9.59 Å². The van der Waals surface area contributed by atoms with E-state index in [0.29, 0.717) is 0 Å². The molecule has 1 amide bonds. The first kappa shape index (κ1) is 14.5. The fraction of sp³-hybridized carbons (Fsp3) is 0.636. The Morgan fingerprint density at radius 1 is 1.50 bits per heavy atom. The fourth-order valence-electron chi connectivity index (χ4n) is 1.05. The molecule has 0 aromatic rings. The lowest BCUT2D eigenvalue weighted by Crippen LogP contribution is -2.40. The topological polar surface area (TPSA) is 66.8 Å². The van der Waals surface area contributed by atoms with Gasteiger partial charge in [0.1, 0.15) is 6.54 Å². The molecular formula is C11H17NO4. The molecule has 0 aliphatic rings. The SMILES string of the molecule is C#CCN(CC(=O)O)C(=O)CC(C)(C)OC. The molecule has 0 heterocycles. The number of amides is 1. The Balaban J connectivity index is 4.51. The number of terminal acetylenes is 1. The highest BCUT2D eigenvalue weighted by Crippen LogP contribution is 2.14. The van der Waals surface area contributed by atoms with Crippen molar-refractivity contribution in [2.24, 2.45) is 0 Å². The molecule has 0 aromatic carbocycles. The molecule has 0 atom stereocenters. The zero-order valence-electron chi connectivity index (χ0n) is 9.82. The molecule has 0 aliphatic carbocycles. The molecule has 0 rings (SSSR count). The standard InChI is InChI=1S/C11H17NO4/c1-5-6-12(8-10(14)15)9(13)7-11(2,3)16-4/h1H,6-8H2,2-4H3,(H,14,15). The van der Waals surface area contributed by atoms with Gasteiger partial charge in [0.15, 0.2) is 0 Å². The van der Waals surface area contributed by atoms with Gasteiger partial charge in [0.2, 0.25) is 5.91 Å². The van der Waals surface area contributed by atoms with Gasteiger partial charge in [-0.05, 0) is 13.8 Å². The molecule has 5 heteroatoms. The summed E-state index contributed by atoms with van der Waals surface area (Å²) in [7, 11) is 1.50. The molecule has 0 unspecified atom stereocenters. The van der Waals surface area contributed by atoms with E-state index in [4.69, 9.17) is 16.3 Å². The van der Waals surface area contributed by atoms with Gasteiger partial charge in [0.05, 0.1) is 18.6 Å². The van der Waals surface area contributed by atoms with Crippen molar-refractivity contribution < 1.29 is 19.4 Å². The maximum absolute atomic E-state index is 11.7. The van der Waals surface area contributed by atoms with Crippen LogP contribution in [-0.2, 0) is 14.3 Å². The first-order valence-electron chi connectivity index (χ1n) is 4.80. The molecule has 0 bridgehead atoms. The highest BCUT2D eigenvalue weighted by atomic mass is 16.5. The molecule has 1 N–H and O–H groups in total. The lowest BCUT2D eigenvalue weighted by Gasteiger charge is -2.26. The highest BCUT2D eigenvalue weighted by Gasteiger charge is 2.25. The van der Waals surface area contributed by atoms with Gasteiger partial charge in [-0.15, -0.1) is 6.42 Å². The summed E-state index contributed by atoms with van der Waals surface area (Å²) in [5, 5.41) is 8.62. The van der Waals surface area contributed by atoms with Crippen LogP contribution in [0.3, 0.4) is 0 Å². The summed E-state index contributed by atoms with van der Waals surface area (Å²) in [4.78, 5) is 23.4. The number of hydrogen-bond donors (Lipinski definition) is 1. The third kappa shape index (κ3) is 5.37. The summed E-state index contributed by atoms with van der Waals surface area (Å²) in [6.45, 7) is 3.10. The van der Waals surface area contributed by atoms with Gasteiger partial charge in [-0.3, -0.25) is 9.59 Å². The van der Waals surface area contributed by atoms with Crippen molar-refractivity contribution in [3.8, 4) is 12.3 Å². The van der Waals surface area contributed by atoms with Gasteiger partial charge < -0.3 is 14.7 Å². The molecular weight excluding hydrogens is 210 g/mol. The van der Waals surface area contributed by atoms with Crippen LogP contribution in [0.5, 0.6) is 0 Å². The van der Waals surface area contributed by atoms with Gasteiger partial charge in [-0.1, -0.05) is 5.92 Å². The summed E-state index contributed by atoms with van der Waals surface area (Å²) in [5.74, 6) is 0.848. The first-order valence-corrected chi connectivity index (χ1v) is 4.80. The van der Waals surface area contributed by atoms with Crippen molar-refractivity contribution in [2.75, 3.05) is 20.2 Å². The van der Waals surface area contributed by atoms with E-state index in [0.717, 1.165) is 4.90 Å². The molecule has 0 aliphatic heterocycles. The number of carbonyl (C=O) groups excluding carboxylic acids is 1. The van der Waals surface area contributed by atoms with Crippen LogP contribution in [0.1, 0.15) is 20.3 Å². The second-order valence-electron chi connectivity index (χ2n) is 3.99. The van der Waals surface area contributed by atoms with Crippen molar-refractivity contribution >= 4 is 11.9 Å². The van der Waals surface area contributed by atoms with Gasteiger partial charge in [0.25, 0.3) is 0 Å². The van der Waals surface area contributed by atoms with Crippen molar-refractivity contribution in [3.05, 3.63) is 0 Å². The van der Waals surface area contributed by atoms with E-state index in [-0.39, 0.29) is 25.4 Å².